The summed E-state index contributed by atoms with van der Waals surface area (Å²) in [4.78, 5) is 10.7. The van der Waals surface area contributed by atoms with E-state index >= 15 is 0 Å². The van der Waals surface area contributed by atoms with E-state index in [-0.39, 0.29) is 10.8 Å². The molecule has 2 heterocycles. The molecule has 3 aromatic rings. The van der Waals surface area contributed by atoms with Gasteiger partial charge in [0.25, 0.3) is 0 Å². The van der Waals surface area contributed by atoms with Gasteiger partial charge in [0, 0.05) is 15.5 Å². The molecule has 24 heavy (non-hydrogen) atoms. The summed E-state index contributed by atoms with van der Waals surface area (Å²) in [6.45, 7) is 5.83. The van der Waals surface area contributed by atoms with Crippen LogP contribution in [0.2, 0.25) is 10.0 Å². The molecule has 3 rings (SSSR count). The van der Waals surface area contributed by atoms with Gasteiger partial charge in [-0.3, -0.25) is 5.43 Å². The molecule has 0 spiro atoms. The van der Waals surface area contributed by atoms with E-state index in [0.717, 1.165) is 15.8 Å². The van der Waals surface area contributed by atoms with Gasteiger partial charge in [-0.25, -0.2) is 9.97 Å². The van der Waals surface area contributed by atoms with E-state index < -0.39 is 0 Å². The lowest BCUT2D eigenvalue weighted by atomic mass is 10.1. The van der Waals surface area contributed by atoms with Crippen molar-refractivity contribution in [3.63, 3.8) is 0 Å². The lowest BCUT2D eigenvalue weighted by Crippen LogP contribution is -2.02. The molecule has 2 aromatic heterocycles. The average Bonchev–Trinajstić information content (AvgIpc) is 2.83. The Morgan fingerprint density at radius 3 is 2.75 bits per heavy atom. The van der Waals surface area contributed by atoms with E-state index in [0.29, 0.717) is 22.1 Å². The first-order valence-corrected chi connectivity index (χ1v) is 8.65. The molecule has 5 nitrogen and oxygen atoms in total. The van der Waals surface area contributed by atoms with Crippen LogP contribution in [0.3, 0.4) is 0 Å². The summed E-state index contributed by atoms with van der Waals surface area (Å²) < 4.78 is 0. The predicted octanol–water partition coefficient (Wildman–Crippen LogP) is 5.16. The number of phenolic OH excluding ortho intramolecular Hbond substituents is 1. The molecule has 0 amide bonds. The number of hydrazone groups is 1. The highest BCUT2D eigenvalue weighted by Crippen LogP contribution is 2.33. The van der Waals surface area contributed by atoms with Gasteiger partial charge >= 0.3 is 0 Å². The van der Waals surface area contributed by atoms with Crippen LogP contribution in [0.1, 0.15) is 22.9 Å². The highest BCUT2D eigenvalue weighted by atomic mass is 35.5. The van der Waals surface area contributed by atoms with Crippen LogP contribution in [0.15, 0.2) is 23.6 Å². The number of hydrogen-bond acceptors (Lipinski definition) is 6. The molecular formula is C16H14Cl2N4OS. The number of nitrogens with one attached hydrogen (secondary N) is 1. The molecule has 124 valence electrons. The Labute approximate surface area is 153 Å². The third-order valence-corrected chi connectivity index (χ3v) is 5.33. The number of thiophene rings is 1. The second kappa shape index (κ2) is 6.55. The number of rotatable bonds is 3. The lowest BCUT2D eigenvalue weighted by molar-refractivity contribution is 0.474. The number of aromatic nitrogens is 2. The predicted molar refractivity (Wildman–Crippen MR) is 101 cm³/mol. The Morgan fingerprint density at radius 1 is 1.25 bits per heavy atom. The summed E-state index contributed by atoms with van der Waals surface area (Å²) >= 11 is 13.6. The molecule has 0 bridgehead atoms. The van der Waals surface area contributed by atoms with E-state index in [9.17, 15) is 5.11 Å². The van der Waals surface area contributed by atoms with Crippen molar-refractivity contribution in [1.29, 1.82) is 0 Å². The number of aromatic hydroxyl groups is 1. The number of hydrogen-bond donors (Lipinski definition) is 2. The van der Waals surface area contributed by atoms with Crippen molar-refractivity contribution in [3.8, 4) is 5.75 Å². The Hall–Kier alpha value is -1.89. The summed E-state index contributed by atoms with van der Waals surface area (Å²) in [5.74, 6) is 0.563. The van der Waals surface area contributed by atoms with Crippen molar-refractivity contribution >= 4 is 56.3 Å². The standard InChI is InChI=1S/C16H14Cl2N4OS/c1-7-9(3)24-16-13(7)15(19-6-20-16)22-21-8(2)11-4-10(17)5-12(18)14(11)23/h4-6,23H,1-3H3,(H,19,20,22)/b21-8+. The molecule has 1 aromatic carbocycles. The van der Waals surface area contributed by atoms with E-state index in [1.54, 1.807) is 24.3 Å². The Bertz CT molecular complexity index is 968. The number of anilines is 1. The fraction of sp³-hybridized carbons (Fsp3) is 0.188. The smallest absolute Gasteiger partial charge is 0.158 e. The monoisotopic (exact) mass is 380 g/mol. The van der Waals surface area contributed by atoms with Crippen molar-refractivity contribution in [1.82, 2.24) is 9.97 Å². The number of phenols is 1. The minimum atomic E-state index is -0.0560. The molecule has 8 heteroatoms. The van der Waals surface area contributed by atoms with Crippen molar-refractivity contribution < 1.29 is 5.11 Å². The average molecular weight is 381 g/mol. The second-order valence-corrected chi connectivity index (χ2v) is 7.33. The number of fused-ring (bicyclic) bond motifs is 1. The minimum absolute atomic E-state index is 0.0560. The first-order valence-electron chi connectivity index (χ1n) is 7.08. The largest absolute Gasteiger partial charge is 0.506 e. The van der Waals surface area contributed by atoms with Crippen LogP contribution in [0.4, 0.5) is 5.82 Å². The van der Waals surface area contributed by atoms with Crippen molar-refractivity contribution in [3.05, 3.63) is 44.5 Å². The van der Waals surface area contributed by atoms with Gasteiger partial charge in [0.05, 0.1) is 16.1 Å². The molecule has 0 aliphatic heterocycles. The van der Waals surface area contributed by atoms with Gasteiger partial charge in [0.1, 0.15) is 16.9 Å². The topological polar surface area (TPSA) is 70.4 Å². The van der Waals surface area contributed by atoms with Crippen LogP contribution < -0.4 is 5.43 Å². The normalized spacial score (nSPS) is 12.0. The van der Waals surface area contributed by atoms with Gasteiger partial charge in [-0.1, -0.05) is 23.2 Å². The maximum absolute atomic E-state index is 10.1. The first-order chi connectivity index (χ1) is 11.4. The van der Waals surface area contributed by atoms with Gasteiger partial charge in [0.2, 0.25) is 0 Å². The number of halogens is 2. The zero-order chi connectivity index (χ0) is 17.4. The molecule has 0 fully saturated rings. The van der Waals surface area contributed by atoms with E-state index in [1.165, 1.54) is 17.3 Å². The fourth-order valence-electron chi connectivity index (χ4n) is 2.31. The van der Waals surface area contributed by atoms with Gasteiger partial charge < -0.3 is 5.11 Å². The maximum atomic E-state index is 10.1. The van der Waals surface area contributed by atoms with Crippen LogP contribution in [0, 0.1) is 13.8 Å². The zero-order valence-corrected chi connectivity index (χ0v) is 15.5. The molecule has 0 radical (unpaired) electrons. The maximum Gasteiger partial charge on any atom is 0.158 e. The van der Waals surface area contributed by atoms with Crippen LogP contribution in [0.5, 0.6) is 5.75 Å². The summed E-state index contributed by atoms with van der Waals surface area (Å²) in [6, 6.07) is 3.09. The summed E-state index contributed by atoms with van der Waals surface area (Å²) in [5, 5.41) is 16.0. The molecule has 0 aliphatic rings. The van der Waals surface area contributed by atoms with Crippen molar-refractivity contribution in [2.24, 2.45) is 5.10 Å². The molecule has 0 unspecified atom stereocenters. The highest BCUT2D eigenvalue weighted by Gasteiger charge is 2.13. The van der Waals surface area contributed by atoms with Gasteiger partial charge in [0.15, 0.2) is 5.82 Å². The summed E-state index contributed by atoms with van der Waals surface area (Å²) in [6.07, 6.45) is 1.50. The van der Waals surface area contributed by atoms with Crippen LogP contribution in [-0.4, -0.2) is 20.8 Å². The van der Waals surface area contributed by atoms with Gasteiger partial charge in [-0.2, -0.15) is 5.10 Å². The van der Waals surface area contributed by atoms with Crippen molar-refractivity contribution in [2.75, 3.05) is 5.43 Å². The van der Waals surface area contributed by atoms with Gasteiger partial charge in [-0.05, 0) is 38.5 Å². The van der Waals surface area contributed by atoms with Crippen LogP contribution in [0.25, 0.3) is 10.2 Å². The number of benzene rings is 1. The number of aryl methyl sites for hydroxylation is 2. The van der Waals surface area contributed by atoms with Crippen LogP contribution >= 0.6 is 34.5 Å². The zero-order valence-electron chi connectivity index (χ0n) is 13.2. The van der Waals surface area contributed by atoms with E-state index in [4.69, 9.17) is 23.2 Å². The van der Waals surface area contributed by atoms with E-state index in [1.807, 2.05) is 13.8 Å². The second-order valence-electron chi connectivity index (χ2n) is 5.28. The molecular weight excluding hydrogens is 367 g/mol. The first kappa shape index (κ1) is 17.0. The van der Waals surface area contributed by atoms with Crippen LogP contribution in [-0.2, 0) is 0 Å². The SMILES string of the molecule is C/C(=N\Nc1ncnc2sc(C)c(C)c12)c1cc(Cl)cc(Cl)c1O. The van der Waals surface area contributed by atoms with Gasteiger partial charge in [-0.15, -0.1) is 11.3 Å². The molecule has 0 atom stereocenters. The third kappa shape index (κ3) is 3.05. The number of nitrogens with zero attached hydrogens (tertiary/aromatic N) is 3. The molecule has 0 aliphatic carbocycles. The molecule has 2 N–H and O–H groups in total. The lowest BCUT2D eigenvalue weighted by Gasteiger charge is -2.08. The Morgan fingerprint density at radius 2 is 2.00 bits per heavy atom. The third-order valence-electron chi connectivity index (χ3n) is 3.71. The molecule has 0 saturated carbocycles. The quantitative estimate of drug-likeness (QED) is 0.486. The summed E-state index contributed by atoms with van der Waals surface area (Å²) in [5.41, 5.74) is 5.07. The molecule has 0 saturated heterocycles. The van der Waals surface area contributed by atoms with E-state index in [2.05, 4.69) is 20.5 Å². The Kier molecular flexibility index (Phi) is 4.62. The van der Waals surface area contributed by atoms with Crippen molar-refractivity contribution in [2.45, 2.75) is 20.8 Å². The Balaban J connectivity index is 2.00. The highest BCUT2D eigenvalue weighted by molar-refractivity contribution is 7.18. The minimum Gasteiger partial charge on any atom is -0.506 e. The fourth-order valence-corrected chi connectivity index (χ4v) is 3.80. The summed E-state index contributed by atoms with van der Waals surface area (Å²) in [7, 11) is 0.